The molecule has 2 aromatic rings. The van der Waals surface area contributed by atoms with Crippen LogP contribution >= 0.6 is 11.3 Å². The number of anilines is 1. The summed E-state index contributed by atoms with van der Waals surface area (Å²) in [5.74, 6) is 1.18. The van der Waals surface area contributed by atoms with E-state index in [4.69, 9.17) is 0 Å². The van der Waals surface area contributed by atoms with Crippen molar-refractivity contribution in [1.29, 1.82) is 0 Å². The molecule has 0 saturated carbocycles. The summed E-state index contributed by atoms with van der Waals surface area (Å²) >= 11 is 1.72. The quantitative estimate of drug-likeness (QED) is 0.806. The fourth-order valence-electron chi connectivity index (χ4n) is 4.36. The highest BCUT2D eigenvalue weighted by molar-refractivity contribution is 7.14. The van der Waals surface area contributed by atoms with Crippen LogP contribution in [0, 0.1) is 11.3 Å². The van der Waals surface area contributed by atoms with E-state index in [1.54, 1.807) is 23.5 Å². The molecule has 28 heavy (non-hydrogen) atoms. The molecule has 1 fully saturated rings. The van der Waals surface area contributed by atoms with Gasteiger partial charge in [0.2, 0.25) is 0 Å². The zero-order valence-electron chi connectivity index (χ0n) is 17.1. The van der Waals surface area contributed by atoms with Gasteiger partial charge in [-0.1, -0.05) is 20.8 Å². The molecule has 0 spiro atoms. The largest absolute Gasteiger partial charge is 0.508 e. The van der Waals surface area contributed by atoms with E-state index in [1.165, 1.54) is 16.9 Å². The summed E-state index contributed by atoms with van der Waals surface area (Å²) in [6.07, 6.45) is 3.46. The van der Waals surface area contributed by atoms with Gasteiger partial charge in [0.1, 0.15) is 5.75 Å². The number of amides is 1. The molecule has 5 heteroatoms. The van der Waals surface area contributed by atoms with Crippen LogP contribution in [-0.4, -0.2) is 42.1 Å². The first-order valence-electron chi connectivity index (χ1n) is 10.3. The highest BCUT2D eigenvalue weighted by atomic mass is 32.1. The summed E-state index contributed by atoms with van der Waals surface area (Å²) in [6, 6.07) is 9.48. The third-order valence-corrected chi connectivity index (χ3v) is 7.53. The smallest absolute Gasteiger partial charge is 0.264 e. The maximum atomic E-state index is 13.1. The summed E-state index contributed by atoms with van der Waals surface area (Å²) in [6.45, 7) is 10.1. The zero-order chi connectivity index (χ0) is 19.9. The molecule has 4 nitrogen and oxygen atoms in total. The fourth-order valence-corrected chi connectivity index (χ4v) is 5.53. The second-order valence-electron chi connectivity index (χ2n) is 9.16. The molecule has 2 aliphatic rings. The lowest BCUT2D eigenvalue weighted by atomic mass is 9.72. The molecule has 1 aromatic heterocycles. The highest BCUT2D eigenvalue weighted by Crippen LogP contribution is 2.40. The van der Waals surface area contributed by atoms with Crippen LogP contribution in [0.25, 0.3) is 0 Å². The van der Waals surface area contributed by atoms with Crippen LogP contribution in [-0.2, 0) is 12.8 Å². The number of benzene rings is 1. The second-order valence-corrected chi connectivity index (χ2v) is 10.3. The lowest BCUT2D eigenvalue weighted by molar-refractivity contribution is 0.0751. The van der Waals surface area contributed by atoms with Crippen LogP contribution in [0.15, 0.2) is 30.3 Å². The van der Waals surface area contributed by atoms with E-state index in [9.17, 15) is 9.90 Å². The van der Waals surface area contributed by atoms with Gasteiger partial charge in [0.25, 0.3) is 5.91 Å². The van der Waals surface area contributed by atoms with Gasteiger partial charge in [0.05, 0.1) is 4.88 Å². The fraction of sp³-hybridized carbons (Fsp3) is 0.522. The van der Waals surface area contributed by atoms with Crippen molar-refractivity contribution in [3.63, 3.8) is 0 Å². The van der Waals surface area contributed by atoms with E-state index in [-0.39, 0.29) is 11.7 Å². The van der Waals surface area contributed by atoms with Crippen LogP contribution in [0.5, 0.6) is 5.75 Å². The molecule has 150 valence electrons. The minimum atomic E-state index is 0.192. The number of carbonyl (C=O) groups excluding carboxylic acids is 1. The van der Waals surface area contributed by atoms with Crippen molar-refractivity contribution in [1.82, 2.24) is 4.90 Å². The van der Waals surface area contributed by atoms with Crippen LogP contribution in [0.2, 0.25) is 0 Å². The summed E-state index contributed by atoms with van der Waals surface area (Å²) < 4.78 is 0. The number of hydrogen-bond acceptors (Lipinski definition) is 4. The first kappa shape index (κ1) is 19.3. The van der Waals surface area contributed by atoms with E-state index in [1.807, 2.05) is 17.0 Å². The number of thiophene rings is 1. The Labute approximate surface area is 171 Å². The number of piperazine rings is 1. The van der Waals surface area contributed by atoms with Gasteiger partial charge in [-0.3, -0.25) is 4.79 Å². The van der Waals surface area contributed by atoms with Gasteiger partial charge in [0.15, 0.2) is 0 Å². The Morgan fingerprint density at radius 1 is 1.11 bits per heavy atom. The molecule has 1 N–H and O–H groups in total. The van der Waals surface area contributed by atoms with Gasteiger partial charge in [-0.25, -0.2) is 0 Å². The molecule has 0 bridgehead atoms. The molecule has 4 rings (SSSR count). The topological polar surface area (TPSA) is 43.8 Å². The van der Waals surface area contributed by atoms with Gasteiger partial charge in [-0.2, -0.15) is 0 Å². The Bertz CT molecular complexity index is 842. The highest BCUT2D eigenvalue weighted by Gasteiger charge is 2.31. The molecule has 1 atom stereocenters. The molecule has 1 unspecified atom stereocenters. The molecule has 1 aliphatic carbocycles. The number of phenolic OH excluding ortho intramolecular Hbond substituents is 1. The minimum absolute atomic E-state index is 0.192. The molecule has 1 amide bonds. The Morgan fingerprint density at radius 3 is 2.43 bits per heavy atom. The predicted molar refractivity (Wildman–Crippen MR) is 116 cm³/mol. The monoisotopic (exact) mass is 398 g/mol. The summed E-state index contributed by atoms with van der Waals surface area (Å²) in [7, 11) is 0. The maximum Gasteiger partial charge on any atom is 0.264 e. The number of aromatic hydroxyl groups is 1. The standard InChI is InChI=1S/C23H30N2O2S/c1-23(2,3)17-4-9-20-16(14-17)15-21(28-20)22(27)25-12-10-24(11-13-25)18-5-7-19(26)8-6-18/h5-8,15,17,26H,4,9-14H2,1-3H3. The first-order valence-corrected chi connectivity index (χ1v) is 11.1. The average molecular weight is 399 g/mol. The molecular weight excluding hydrogens is 368 g/mol. The van der Waals surface area contributed by atoms with Crippen LogP contribution in [0.1, 0.15) is 47.3 Å². The molecule has 1 aromatic carbocycles. The van der Waals surface area contributed by atoms with Crippen LogP contribution in [0.3, 0.4) is 0 Å². The van der Waals surface area contributed by atoms with Gasteiger partial charge in [0, 0.05) is 36.7 Å². The molecule has 0 radical (unpaired) electrons. The van der Waals surface area contributed by atoms with Crippen molar-refractivity contribution < 1.29 is 9.90 Å². The van der Waals surface area contributed by atoms with Crippen molar-refractivity contribution in [2.24, 2.45) is 11.3 Å². The minimum Gasteiger partial charge on any atom is -0.508 e. The van der Waals surface area contributed by atoms with Crippen molar-refractivity contribution >= 4 is 22.9 Å². The molecule has 1 aliphatic heterocycles. The van der Waals surface area contributed by atoms with Gasteiger partial charge >= 0.3 is 0 Å². The number of hydrogen-bond donors (Lipinski definition) is 1. The predicted octanol–water partition coefficient (Wildman–Crippen LogP) is 4.57. The Balaban J connectivity index is 1.40. The van der Waals surface area contributed by atoms with Gasteiger partial charge in [-0.15, -0.1) is 11.3 Å². The number of carbonyl (C=O) groups is 1. The number of fused-ring (bicyclic) bond motifs is 1. The third kappa shape index (κ3) is 3.90. The van der Waals surface area contributed by atoms with E-state index < -0.39 is 0 Å². The number of aryl methyl sites for hydroxylation is 1. The van der Waals surface area contributed by atoms with Gasteiger partial charge in [-0.05, 0) is 66.5 Å². The van der Waals surface area contributed by atoms with E-state index >= 15 is 0 Å². The van der Waals surface area contributed by atoms with Gasteiger partial charge < -0.3 is 14.9 Å². The normalized spacial score (nSPS) is 20.2. The average Bonchev–Trinajstić information content (AvgIpc) is 3.11. The Hall–Kier alpha value is -2.01. The van der Waals surface area contributed by atoms with Crippen molar-refractivity contribution in [2.45, 2.75) is 40.0 Å². The number of nitrogens with zero attached hydrogens (tertiary/aromatic N) is 2. The lowest BCUT2D eigenvalue weighted by Crippen LogP contribution is -2.48. The molecule has 1 saturated heterocycles. The summed E-state index contributed by atoms with van der Waals surface area (Å²) in [5, 5.41) is 9.46. The summed E-state index contributed by atoms with van der Waals surface area (Å²) in [5.41, 5.74) is 2.83. The number of phenols is 1. The van der Waals surface area contributed by atoms with Crippen LogP contribution in [0.4, 0.5) is 5.69 Å². The Kier molecular flexibility index (Phi) is 5.13. The van der Waals surface area contributed by atoms with E-state index in [0.29, 0.717) is 11.3 Å². The van der Waals surface area contributed by atoms with E-state index in [0.717, 1.165) is 49.6 Å². The second kappa shape index (κ2) is 7.43. The zero-order valence-corrected chi connectivity index (χ0v) is 17.9. The van der Waals surface area contributed by atoms with Crippen molar-refractivity contribution in [2.75, 3.05) is 31.1 Å². The first-order chi connectivity index (χ1) is 13.3. The SMILES string of the molecule is CC(C)(C)C1CCc2sc(C(=O)N3CCN(c4ccc(O)cc4)CC3)cc2C1. The Morgan fingerprint density at radius 2 is 1.79 bits per heavy atom. The van der Waals surface area contributed by atoms with E-state index in [2.05, 4.69) is 31.7 Å². The maximum absolute atomic E-state index is 13.1. The lowest BCUT2D eigenvalue weighted by Gasteiger charge is -2.36. The third-order valence-electron chi connectivity index (χ3n) is 6.30. The van der Waals surface area contributed by atoms with Crippen molar-refractivity contribution in [3.8, 4) is 5.75 Å². The van der Waals surface area contributed by atoms with Crippen molar-refractivity contribution in [3.05, 3.63) is 45.6 Å². The summed E-state index contributed by atoms with van der Waals surface area (Å²) in [4.78, 5) is 19.7. The number of rotatable bonds is 2. The van der Waals surface area contributed by atoms with Crippen LogP contribution < -0.4 is 4.90 Å². The molecular formula is C23H30N2O2S. The molecule has 2 heterocycles.